The summed E-state index contributed by atoms with van der Waals surface area (Å²) in [5, 5.41) is 7.03. The first-order valence-corrected chi connectivity index (χ1v) is 7.86. The SMILES string of the molecule is Fc1ccccc1CNc1cc(NCc2ccc(Cl)cc2)ncn1. The molecule has 3 aromatic rings. The van der Waals surface area contributed by atoms with Crippen LogP contribution in [0.5, 0.6) is 0 Å². The first kappa shape index (κ1) is 16.2. The van der Waals surface area contributed by atoms with E-state index in [1.165, 1.54) is 12.4 Å². The predicted octanol–water partition coefficient (Wildman–Crippen LogP) is 4.49. The Labute approximate surface area is 144 Å². The van der Waals surface area contributed by atoms with Gasteiger partial charge in [-0.3, -0.25) is 0 Å². The molecule has 0 fully saturated rings. The van der Waals surface area contributed by atoms with Crippen LogP contribution < -0.4 is 10.6 Å². The number of aromatic nitrogens is 2. The van der Waals surface area contributed by atoms with Gasteiger partial charge >= 0.3 is 0 Å². The number of hydrogen-bond acceptors (Lipinski definition) is 4. The van der Waals surface area contributed by atoms with Gasteiger partial charge in [0.1, 0.15) is 23.8 Å². The van der Waals surface area contributed by atoms with Crippen molar-refractivity contribution < 1.29 is 4.39 Å². The molecule has 0 saturated carbocycles. The van der Waals surface area contributed by atoms with Gasteiger partial charge in [0.15, 0.2) is 0 Å². The van der Waals surface area contributed by atoms with E-state index in [-0.39, 0.29) is 5.82 Å². The van der Waals surface area contributed by atoms with Crippen LogP contribution in [0.25, 0.3) is 0 Å². The summed E-state index contributed by atoms with van der Waals surface area (Å²) in [4.78, 5) is 8.33. The van der Waals surface area contributed by atoms with Crippen LogP contribution in [0.3, 0.4) is 0 Å². The van der Waals surface area contributed by atoms with Gasteiger partial charge in [0.2, 0.25) is 0 Å². The van der Waals surface area contributed by atoms with Crippen molar-refractivity contribution in [2.24, 2.45) is 0 Å². The summed E-state index contributed by atoms with van der Waals surface area (Å²) in [5.74, 6) is 1.09. The monoisotopic (exact) mass is 342 g/mol. The fraction of sp³-hybridized carbons (Fsp3) is 0.111. The standard InChI is InChI=1S/C18H16ClFN4/c19-15-7-5-13(6-8-15)10-21-17-9-18(24-12-23-17)22-11-14-3-1-2-4-16(14)20/h1-9,12H,10-11H2,(H2,21,22,23,24). The third-order valence-electron chi connectivity index (χ3n) is 3.47. The number of benzene rings is 2. The molecule has 0 bridgehead atoms. The zero-order chi connectivity index (χ0) is 16.8. The van der Waals surface area contributed by atoms with Crippen molar-refractivity contribution >= 4 is 23.2 Å². The molecule has 1 heterocycles. The van der Waals surface area contributed by atoms with Crippen LogP contribution in [0.15, 0.2) is 60.9 Å². The van der Waals surface area contributed by atoms with E-state index >= 15 is 0 Å². The highest BCUT2D eigenvalue weighted by atomic mass is 35.5. The lowest BCUT2D eigenvalue weighted by atomic mass is 10.2. The summed E-state index contributed by atoms with van der Waals surface area (Å²) in [6.45, 7) is 0.987. The zero-order valence-corrected chi connectivity index (χ0v) is 13.6. The van der Waals surface area contributed by atoms with Crippen molar-refractivity contribution in [1.29, 1.82) is 0 Å². The summed E-state index contributed by atoms with van der Waals surface area (Å²) in [7, 11) is 0. The molecule has 0 aliphatic carbocycles. The third kappa shape index (κ3) is 4.43. The number of halogens is 2. The molecular weight excluding hydrogens is 327 g/mol. The van der Waals surface area contributed by atoms with Crippen LogP contribution in [0.4, 0.5) is 16.0 Å². The van der Waals surface area contributed by atoms with Crippen molar-refractivity contribution in [2.45, 2.75) is 13.1 Å². The molecule has 0 aliphatic heterocycles. The molecule has 2 N–H and O–H groups in total. The number of hydrogen-bond donors (Lipinski definition) is 2. The average molecular weight is 343 g/mol. The Bertz CT molecular complexity index is 808. The maximum Gasteiger partial charge on any atom is 0.131 e. The molecule has 0 amide bonds. The van der Waals surface area contributed by atoms with Crippen LogP contribution in [0.1, 0.15) is 11.1 Å². The summed E-state index contributed by atoms with van der Waals surface area (Å²) < 4.78 is 13.6. The van der Waals surface area contributed by atoms with Gasteiger partial charge in [0.05, 0.1) is 0 Å². The van der Waals surface area contributed by atoms with Crippen molar-refractivity contribution in [3.8, 4) is 0 Å². The second kappa shape index (κ2) is 7.75. The number of nitrogens with one attached hydrogen (secondary N) is 2. The highest BCUT2D eigenvalue weighted by Crippen LogP contribution is 2.14. The normalized spacial score (nSPS) is 10.4. The van der Waals surface area contributed by atoms with Gasteiger partial charge in [-0.05, 0) is 23.8 Å². The average Bonchev–Trinajstić information content (AvgIpc) is 2.61. The quantitative estimate of drug-likeness (QED) is 0.692. The van der Waals surface area contributed by atoms with Crippen LogP contribution in [-0.2, 0) is 13.1 Å². The van der Waals surface area contributed by atoms with E-state index in [4.69, 9.17) is 11.6 Å². The van der Waals surface area contributed by atoms with Gasteiger partial charge in [-0.15, -0.1) is 0 Å². The lowest BCUT2D eigenvalue weighted by molar-refractivity contribution is 0.613. The minimum Gasteiger partial charge on any atom is -0.366 e. The Hall–Kier alpha value is -2.66. The lowest BCUT2D eigenvalue weighted by Gasteiger charge is -2.09. The molecule has 0 atom stereocenters. The Balaban J connectivity index is 1.59. The van der Waals surface area contributed by atoms with Crippen molar-refractivity contribution in [3.05, 3.63) is 82.9 Å². The zero-order valence-electron chi connectivity index (χ0n) is 12.8. The Kier molecular flexibility index (Phi) is 5.23. The maximum atomic E-state index is 13.6. The highest BCUT2D eigenvalue weighted by Gasteiger charge is 2.03. The van der Waals surface area contributed by atoms with E-state index in [0.717, 1.165) is 5.56 Å². The van der Waals surface area contributed by atoms with Crippen LogP contribution in [-0.4, -0.2) is 9.97 Å². The van der Waals surface area contributed by atoms with E-state index in [9.17, 15) is 4.39 Å². The molecular formula is C18H16ClFN4. The van der Waals surface area contributed by atoms with Gasteiger partial charge < -0.3 is 10.6 Å². The smallest absolute Gasteiger partial charge is 0.131 e. The fourth-order valence-corrected chi connectivity index (χ4v) is 2.30. The van der Waals surface area contributed by atoms with Crippen molar-refractivity contribution in [2.75, 3.05) is 10.6 Å². The van der Waals surface area contributed by atoms with Crippen LogP contribution >= 0.6 is 11.6 Å². The molecule has 6 heteroatoms. The molecule has 0 unspecified atom stereocenters. The van der Waals surface area contributed by atoms with E-state index in [1.807, 2.05) is 24.3 Å². The topological polar surface area (TPSA) is 49.8 Å². The largest absolute Gasteiger partial charge is 0.366 e. The Morgan fingerprint density at radius 2 is 1.54 bits per heavy atom. The van der Waals surface area contributed by atoms with Gasteiger partial charge in [-0.2, -0.15) is 0 Å². The van der Waals surface area contributed by atoms with Crippen molar-refractivity contribution in [1.82, 2.24) is 9.97 Å². The molecule has 0 radical (unpaired) electrons. The predicted molar refractivity (Wildman–Crippen MR) is 94.5 cm³/mol. The number of anilines is 2. The molecule has 1 aromatic heterocycles. The van der Waals surface area contributed by atoms with E-state index in [0.29, 0.717) is 35.3 Å². The summed E-state index contributed by atoms with van der Waals surface area (Å²) in [5.41, 5.74) is 1.69. The minimum atomic E-state index is -0.236. The lowest BCUT2D eigenvalue weighted by Crippen LogP contribution is -2.06. The summed E-state index contributed by atoms with van der Waals surface area (Å²) >= 11 is 5.87. The molecule has 122 valence electrons. The second-order valence-electron chi connectivity index (χ2n) is 5.21. The van der Waals surface area contributed by atoms with Gasteiger partial charge in [0, 0.05) is 29.7 Å². The molecule has 0 spiro atoms. The van der Waals surface area contributed by atoms with E-state index < -0.39 is 0 Å². The maximum absolute atomic E-state index is 13.6. The molecule has 24 heavy (non-hydrogen) atoms. The van der Waals surface area contributed by atoms with E-state index in [2.05, 4.69) is 20.6 Å². The van der Waals surface area contributed by atoms with Gasteiger partial charge in [-0.25, -0.2) is 14.4 Å². The number of rotatable bonds is 6. The second-order valence-corrected chi connectivity index (χ2v) is 5.65. The summed E-state index contributed by atoms with van der Waals surface area (Å²) in [6, 6.07) is 16.0. The fourth-order valence-electron chi connectivity index (χ4n) is 2.17. The Morgan fingerprint density at radius 3 is 2.25 bits per heavy atom. The molecule has 0 saturated heterocycles. The first-order valence-electron chi connectivity index (χ1n) is 7.48. The third-order valence-corrected chi connectivity index (χ3v) is 3.72. The molecule has 4 nitrogen and oxygen atoms in total. The first-order chi connectivity index (χ1) is 11.7. The van der Waals surface area contributed by atoms with Gasteiger partial charge in [-0.1, -0.05) is 41.9 Å². The van der Waals surface area contributed by atoms with Crippen LogP contribution in [0, 0.1) is 5.82 Å². The van der Waals surface area contributed by atoms with Crippen molar-refractivity contribution in [3.63, 3.8) is 0 Å². The number of nitrogens with zero attached hydrogens (tertiary/aromatic N) is 2. The van der Waals surface area contributed by atoms with E-state index in [1.54, 1.807) is 24.3 Å². The van der Waals surface area contributed by atoms with Crippen LogP contribution in [0.2, 0.25) is 5.02 Å². The Morgan fingerprint density at radius 1 is 0.875 bits per heavy atom. The minimum absolute atomic E-state index is 0.236. The molecule has 3 rings (SSSR count). The highest BCUT2D eigenvalue weighted by molar-refractivity contribution is 6.30. The van der Waals surface area contributed by atoms with Gasteiger partial charge in [0.25, 0.3) is 0 Å². The molecule has 2 aromatic carbocycles. The molecule has 0 aliphatic rings. The summed E-state index contributed by atoms with van der Waals surface area (Å²) in [6.07, 6.45) is 1.47.